The molecule has 1 rings (SSSR count). The average molecular weight is 231 g/mol. The van der Waals surface area contributed by atoms with Gasteiger partial charge < -0.3 is 19.5 Å². The lowest BCUT2D eigenvalue weighted by Crippen LogP contribution is -2.36. The summed E-state index contributed by atoms with van der Waals surface area (Å²) in [6, 6.07) is 0. The van der Waals surface area contributed by atoms with Crippen LogP contribution >= 0.6 is 0 Å². The van der Waals surface area contributed by atoms with Crippen LogP contribution in [0, 0.1) is 0 Å². The van der Waals surface area contributed by atoms with Crippen molar-refractivity contribution in [3.8, 4) is 0 Å². The second kappa shape index (κ2) is 5.50. The molecule has 1 heterocycles. The molecule has 94 valence electrons. The van der Waals surface area contributed by atoms with Gasteiger partial charge in [0.05, 0.1) is 25.9 Å². The van der Waals surface area contributed by atoms with Gasteiger partial charge in [0, 0.05) is 6.54 Å². The molecule has 0 bridgehead atoms. The van der Waals surface area contributed by atoms with Gasteiger partial charge in [-0.05, 0) is 27.2 Å². The highest BCUT2D eigenvalue weighted by Crippen LogP contribution is 2.16. The Hall–Kier alpha value is -0.810. The summed E-state index contributed by atoms with van der Waals surface area (Å²) in [4.78, 5) is 13.3. The van der Waals surface area contributed by atoms with Crippen molar-refractivity contribution in [1.82, 2.24) is 4.90 Å². The van der Waals surface area contributed by atoms with Crippen molar-refractivity contribution < 1.29 is 19.4 Å². The number of hydrogen-bond acceptors (Lipinski definition) is 4. The molecule has 1 fully saturated rings. The maximum Gasteiger partial charge on any atom is 0.410 e. The van der Waals surface area contributed by atoms with Crippen molar-refractivity contribution in [2.45, 2.75) is 38.9 Å². The van der Waals surface area contributed by atoms with Gasteiger partial charge >= 0.3 is 6.09 Å². The van der Waals surface area contributed by atoms with E-state index in [-0.39, 0.29) is 18.8 Å². The molecule has 1 saturated heterocycles. The molecule has 1 N–H and O–H groups in total. The highest BCUT2D eigenvalue weighted by atomic mass is 16.6. The van der Waals surface area contributed by atoms with Crippen LogP contribution in [0.4, 0.5) is 4.79 Å². The van der Waals surface area contributed by atoms with E-state index in [1.165, 1.54) is 0 Å². The van der Waals surface area contributed by atoms with Crippen LogP contribution in [0.3, 0.4) is 0 Å². The smallest absolute Gasteiger partial charge is 0.410 e. The van der Waals surface area contributed by atoms with Gasteiger partial charge in [-0.1, -0.05) is 0 Å². The number of rotatable bonds is 3. The zero-order valence-corrected chi connectivity index (χ0v) is 10.2. The molecule has 1 amide bonds. The third kappa shape index (κ3) is 4.37. The molecule has 1 aliphatic rings. The molecule has 0 radical (unpaired) electrons. The Bertz CT molecular complexity index is 237. The number of ether oxygens (including phenoxy) is 2. The van der Waals surface area contributed by atoms with E-state index in [2.05, 4.69) is 0 Å². The number of carbonyl (C=O) groups is 1. The zero-order valence-electron chi connectivity index (χ0n) is 10.2. The van der Waals surface area contributed by atoms with Gasteiger partial charge in [-0.25, -0.2) is 4.79 Å². The highest BCUT2D eigenvalue weighted by Gasteiger charge is 2.29. The molecule has 5 heteroatoms. The lowest BCUT2D eigenvalue weighted by atomic mass is 10.2. The van der Waals surface area contributed by atoms with E-state index >= 15 is 0 Å². The summed E-state index contributed by atoms with van der Waals surface area (Å²) in [5.41, 5.74) is -0.457. The fourth-order valence-corrected chi connectivity index (χ4v) is 1.58. The molecule has 1 aliphatic heterocycles. The zero-order chi connectivity index (χ0) is 12.2. The molecular formula is C11H21NO4. The topological polar surface area (TPSA) is 59.0 Å². The van der Waals surface area contributed by atoms with Gasteiger partial charge in [0.15, 0.2) is 0 Å². The number of nitrogens with zero attached hydrogens (tertiary/aromatic N) is 1. The third-order valence-electron chi connectivity index (χ3n) is 2.24. The first-order valence-electron chi connectivity index (χ1n) is 5.63. The Labute approximate surface area is 96.3 Å². The van der Waals surface area contributed by atoms with E-state index in [4.69, 9.17) is 14.6 Å². The van der Waals surface area contributed by atoms with Gasteiger partial charge in [0.1, 0.15) is 5.60 Å². The molecule has 5 nitrogen and oxygen atoms in total. The summed E-state index contributed by atoms with van der Waals surface area (Å²) in [5.74, 6) is 0. The van der Waals surface area contributed by atoms with Crippen LogP contribution in [0.1, 0.15) is 27.2 Å². The Morgan fingerprint density at radius 3 is 2.75 bits per heavy atom. The monoisotopic (exact) mass is 231 g/mol. The molecule has 0 spiro atoms. The van der Waals surface area contributed by atoms with E-state index in [9.17, 15) is 4.79 Å². The van der Waals surface area contributed by atoms with Crippen LogP contribution in [0.5, 0.6) is 0 Å². The minimum absolute atomic E-state index is 0.0168. The Kier molecular flexibility index (Phi) is 4.56. The molecule has 1 atom stereocenters. The van der Waals surface area contributed by atoms with Crippen molar-refractivity contribution in [1.29, 1.82) is 0 Å². The summed E-state index contributed by atoms with van der Waals surface area (Å²) in [5, 5.41) is 8.62. The summed E-state index contributed by atoms with van der Waals surface area (Å²) in [7, 11) is 0. The predicted molar refractivity (Wildman–Crippen MR) is 59.2 cm³/mol. The lowest BCUT2D eigenvalue weighted by Gasteiger charge is -2.24. The van der Waals surface area contributed by atoms with Gasteiger partial charge in [-0.3, -0.25) is 0 Å². The van der Waals surface area contributed by atoms with Crippen LogP contribution in [0.25, 0.3) is 0 Å². The first-order chi connectivity index (χ1) is 7.42. The minimum atomic E-state index is -0.457. The fraction of sp³-hybridized carbons (Fsp3) is 0.909. The lowest BCUT2D eigenvalue weighted by molar-refractivity contribution is 0.0156. The first kappa shape index (κ1) is 13.3. The molecule has 16 heavy (non-hydrogen) atoms. The van der Waals surface area contributed by atoms with Crippen molar-refractivity contribution in [2.75, 3.05) is 26.3 Å². The van der Waals surface area contributed by atoms with E-state index < -0.39 is 5.60 Å². The van der Waals surface area contributed by atoms with Crippen LogP contribution in [-0.2, 0) is 9.47 Å². The van der Waals surface area contributed by atoms with Gasteiger partial charge in [-0.2, -0.15) is 0 Å². The Morgan fingerprint density at radius 1 is 1.50 bits per heavy atom. The van der Waals surface area contributed by atoms with E-state index in [1.54, 1.807) is 4.90 Å². The SMILES string of the molecule is CC(C)(C)OC(=O)N1CC[C@H](OCCO)C1. The van der Waals surface area contributed by atoms with Crippen molar-refractivity contribution in [2.24, 2.45) is 0 Å². The first-order valence-corrected chi connectivity index (χ1v) is 5.63. The molecule has 0 aromatic heterocycles. The number of hydrogen-bond donors (Lipinski definition) is 1. The Balaban J connectivity index is 2.32. The van der Waals surface area contributed by atoms with Gasteiger partial charge in [0.25, 0.3) is 0 Å². The van der Waals surface area contributed by atoms with Crippen LogP contribution < -0.4 is 0 Å². The van der Waals surface area contributed by atoms with E-state index in [1.807, 2.05) is 20.8 Å². The highest BCUT2D eigenvalue weighted by molar-refractivity contribution is 5.68. The summed E-state index contributed by atoms with van der Waals surface area (Å²) < 4.78 is 10.6. The van der Waals surface area contributed by atoms with Crippen LogP contribution in [0.15, 0.2) is 0 Å². The van der Waals surface area contributed by atoms with Gasteiger partial charge in [0.2, 0.25) is 0 Å². The normalized spacial score (nSPS) is 21.2. The summed E-state index contributed by atoms with van der Waals surface area (Å²) >= 11 is 0. The third-order valence-corrected chi connectivity index (χ3v) is 2.24. The maximum atomic E-state index is 11.7. The molecular weight excluding hydrogens is 210 g/mol. The second-order valence-electron chi connectivity index (χ2n) is 4.93. The maximum absolute atomic E-state index is 11.7. The molecule has 0 saturated carbocycles. The van der Waals surface area contributed by atoms with Crippen molar-refractivity contribution >= 4 is 6.09 Å². The van der Waals surface area contributed by atoms with Crippen LogP contribution in [0.2, 0.25) is 0 Å². The summed E-state index contributed by atoms with van der Waals surface area (Å²) in [6.45, 7) is 7.10. The largest absolute Gasteiger partial charge is 0.444 e. The van der Waals surface area contributed by atoms with Crippen molar-refractivity contribution in [3.63, 3.8) is 0 Å². The fourth-order valence-electron chi connectivity index (χ4n) is 1.58. The average Bonchev–Trinajstić information content (AvgIpc) is 2.60. The van der Waals surface area contributed by atoms with E-state index in [0.717, 1.165) is 6.42 Å². The van der Waals surface area contributed by atoms with Crippen LogP contribution in [-0.4, -0.2) is 54.1 Å². The van der Waals surface area contributed by atoms with Crippen molar-refractivity contribution in [3.05, 3.63) is 0 Å². The van der Waals surface area contributed by atoms with Gasteiger partial charge in [-0.15, -0.1) is 0 Å². The number of carbonyl (C=O) groups excluding carboxylic acids is 1. The second-order valence-corrected chi connectivity index (χ2v) is 4.93. The number of likely N-dealkylation sites (tertiary alicyclic amines) is 1. The summed E-state index contributed by atoms with van der Waals surface area (Å²) in [6.07, 6.45) is 0.543. The number of amides is 1. The molecule has 0 aromatic rings. The molecule has 0 aromatic carbocycles. The number of aliphatic hydroxyl groups is 1. The standard InChI is InChI=1S/C11H21NO4/c1-11(2,3)16-10(14)12-5-4-9(8-12)15-7-6-13/h9,13H,4-8H2,1-3H3/t9-/m0/s1. The minimum Gasteiger partial charge on any atom is -0.444 e. The molecule has 0 unspecified atom stereocenters. The quantitative estimate of drug-likeness (QED) is 0.787. The Morgan fingerprint density at radius 2 is 2.19 bits per heavy atom. The number of aliphatic hydroxyl groups excluding tert-OH is 1. The predicted octanol–water partition coefficient (Wildman–Crippen LogP) is 1.00. The van der Waals surface area contributed by atoms with E-state index in [0.29, 0.717) is 19.7 Å². The molecule has 0 aliphatic carbocycles.